The van der Waals surface area contributed by atoms with Gasteiger partial charge in [0.05, 0.1) is 10.2 Å². The standard InChI is InChI=1S/C13H18BrFN4.ClH/c1-2-7-19-11(12(14)10(9-16)18-19)8-13(15)3-5-17-6-4-13;/h17H,2-8H2,1H3;1H. The van der Waals surface area contributed by atoms with E-state index in [9.17, 15) is 4.39 Å². The van der Waals surface area contributed by atoms with Crippen LogP contribution in [0.4, 0.5) is 4.39 Å². The molecule has 0 atom stereocenters. The summed E-state index contributed by atoms with van der Waals surface area (Å²) in [4.78, 5) is 0. The molecule has 0 saturated carbocycles. The number of aryl methyl sites for hydroxylation is 1. The van der Waals surface area contributed by atoms with Crippen molar-refractivity contribution in [3.05, 3.63) is 15.9 Å². The van der Waals surface area contributed by atoms with Crippen LogP contribution in [-0.4, -0.2) is 28.5 Å². The first-order valence-electron chi connectivity index (χ1n) is 6.64. The van der Waals surface area contributed by atoms with Crippen molar-refractivity contribution < 1.29 is 4.39 Å². The Balaban J connectivity index is 0.00000200. The van der Waals surface area contributed by atoms with Crippen LogP contribution in [0.1, 0.15) is 37.6 Å². The van der Waals surface area contributed by atoms with Crippen molar-refractivity contribution in [1.29, 1.82) is 5.26 Å². The number of nitrogens with zero attached hydrogens (tertiary/aromatic N) is 3. The highest BCUT2D eigenvalue weighted by Crippen LogP contribution is 2.32. The summed E-state index contributed by atoms with van der Waals surface area (Å²) in [5.41, 5.74) is -0.0322. The lowest BCUT2D eigenvalue weighted by Gasteiger charge is -2.30. The summed E-state index contributed by atoms with van der Waals surface area (Å²) in [6.07, 6.45) is 2.26. The molecule has 0 spiro atoms. The van der Waals surface area contributed by atoms with Crippen molar-refractivity contribution in [2.24, 2.45) is 0 Å². The van der Waals surface area contributed by atoms with E-state index in [0.717, 1.165) is 12.1 Å². The summed E-state index contributed by atoms with van der Waals surface area (Å²) in [6, 6.07) is 2.05. The zero-order valence-electron chi connectivity index (χ0n) is 11.5. The monoisotopic (exact) mass is 364 g/mol. The van der Waals surface area contributed by atoms with E-state index in [4.69, 9.17) is 5.26 Å². The third kappa shape index (κ3) is 3.72. The first kappa shape index (κ1) is 17.4. The molecule has 0 bridgehead atoms. The molecule has 1 aliphatic rings. The number of nitrogens with one attached hydrogen (secondary N) is 1. The van der Waals surface area contributed by atoms with Gasteiger partial charge < -0.3 is 5.32 Å². The third-order valence-corrected chi connectivity index (χ3v) is 4.35. The molecule has 1 aromatic heterocycles. The summed E-state index contributed by atoms with van der Waals surface area (Å²) in [5.74, 6) is 0. The number of nitriles is 1. The number of halogens is 3. The Labute approximate surface area is 133 Å². The van der Waals surface area contributed by atoms with Crippen molar-refractivity contribution in [3.63, 3.8) is 0 Å². The zero-order chi connectivity index (χ0) is 13.9. The second-order valence-corrected chi connectivity index (χ2v) is 5.81. The molecule has 0 aliphatic carbocycles. The zero-order valence-corrected chi connectivity index (χ0v) is 13.9. The molecule has 1 aliphatic heterocycles. The lowest BCUT2D eigenvalue weighted by atomic mass is 9.89. The predicted octanol–water partition coefficient (Wildman–Crippen LogP) is 2.98. The Morgan fingerprint density at radius 3 is 2.70 bits per heavy atom. The van der Waals surface area contributed by atoms with Gasteiger partial charge in [0.15, 0.2) is 5.69 Å². The third-order valence-electron chi connectivity index (χ3n) is 3.52. The minimum atomic E-state index is -1.19. The topological polar surface area (TPSA) is 53.6 Å². The van der Waals surface area contributed by atoms with Gasteiger partial charge in [-0.15, -0.1) is 12.4 Å². The van der Waals surface area contributed by atoms with Crippen LogP contribution in [0.15, 0.2) is 4.47 Å². The molecule has 1 aromatic rings. The quantitative estimate of drug-likeness (QED) is 0.892. The van der Waals surface area contributed by atoms with E-state index in [1.165, 1.54) is 0 Å². The predicted molar refractivity (Wildman–Crippen MR) is 81.8 cm³/mol. The van der Waals surface area contributed by atoms with Crippen LogP contribution in [0.3, 0.4) is 0 Å². The van der Waals surface area contributed by atoms with Gasteiger partial charge in [-0.1, -0.05) is 6.92 Å². The summed E-state index contributed by atoms with van der Waals surface area (Å²) >= 11 is 3.40. The smallest absolute Gasteiger partial charge is 0.176 e. The fraction of sp³-hybridized carbons (Fsp3) is 0.692. The van der Waals surface area contributed by atoms with Gasteiger partial charge in [-0.05, 0) is 48.3 Å². The van der Waals surface area contributed by atoms with Crippen LogP contribution in [0.5, 0.6) is 0 Å². The Hall–Kier alpha value is -0.640. The maximum absolute atomic E-state index is 14.8. The van der Waals surface area contributed by atoms with Crippen LogP contribution in [0, 0.1) is 11.3 Å². The Kier molecular flexibility index (Phi) is 6.44. The molecular weight excluding hydrogens is 347 g/mol. The molecule has 7 heteroatoms. The molecule has 0 radical (unpaired) electrons. The fourth-order valence-electron chi connectivity index (χ4n) is 2.46. The summed E-state index contributed by atoms with van der Waals surface area (Å²) in [6.45, 7) is 4.17. The molecule has 2 rings (SSSR count). The van der Waals surface area contributed by atoms with Gasteiger partial charge in [-0.3, -0.25) is 4.68 Å². The second-order valence-electron chi connectivity index (χ2n) is 5.02. The number of alkyl halides is 1. The minimum absolute atomic E-state index is 0. The summed E-state index contributed by atoms with van der Waals surface area (Å²) < 4.78 is 17.2. The van der Waals surface area contributed by atoms with E-state index in [-0.39, 0.29) is 12.4 Å². The van der Waals surface area contributed by atoms with Crippen molar-refractivity contribution in [3.8, 4) is 6.07 Å². The van der Waals surface area contributed by atoms with E-state index >= 15 is 0 Å². The fourth-order valence-corrected chi connectivity index (χ4v) is 2.98. The molecule has 0 aromatic carbocycles. The van der Waals surface area contributed by atoms with Crippen molar-refractivity contribution in [2.75, 3.05) is 13.1 Å². The minimum Gasteiger partial charge on any atom is -0.316 e. The average Bonchev–Trinajstić information content (AvgIpc) is 2.68. The molecule has 112 valence electrons. The van der Waals surface area contributed by atoms with Gasteiger partial charge in [0.2, 0.25) is 0 Å². The maximum atomic E-state index is 14.8. The molecule has 2 heterocycles. The van der Waals surface area contributed by atoms with E-state index in [0.29, 0.717) is 49.1 Å². The molecule has 1 N–H and O–H groups in total. The summed E-state index contributed by atoms with van der Waals surface area (Å²) in [7, 11) is 0. The van der Waals surface area contributed by atoms with Crippen molar-refractivity contribution >= 4 is 28.3 Å². The van der Waals surface area contributed by atoms with Gasteiger partial charge in [-0.2, -0.15) is 10.4 Å². The van der Waals surface area contributed by atoms with Crippen LogP contribution in [0.25, 0.3) is 0 Å². The number of piperidine rings is 1. The van der Waals surface area contributed by atoms with Gasteiger partial charge in [0.1, 0.15) is 11.7 Å². The highest BCUT2D eigenvalue weighted by atomic mass is 79.9. The Bertz CT molecular complexity index is 491. The molecule has 1 saturated heterocycles. The lowest BCUT2D eigenvalue weighted by molar-refractivity contribution is 0.113. The first-order chi connectivity index (χ1) is 9.09. The van der Waals surface area contributed by atoms with E-state index < -0.39 is 5.67 Å². The van der Waals surface area contributed by atoms with Crippen LogP contribution >= 0.6 is 28.3 Å². The Morgan fingerprint density at radius 1 is 1.50 bits per heavy atom. The van der Waals surface area contributed by atoms with Gasteiger partial charge in [0, 0.05) is 13.0 Å². The van der Waals surface area contributed by atoms with Crippen LogP contribution in [0.2, 0.25) is 0 Å². The molecule has 4 nitrogen and oxygen atoms in total. The van der Waals surface area contributed by atoms with Gasteiger partial charge in [0.25, 0.3) is 0 Å². The SMILES string of the molecule is CCCn1nc(C#N)c(Br)c1CC1(F)CCNCC1.Cl. The van der Waals surface area contributed by atoms with Crippen molar-refractivity contribution in [1.82, 2.24) is 15.1 Å². The lowest BCUT2D eigenvalue weighted by Crippen LogP contribution is -2.40. The van der Waals surface area contributed by atoms with E-state index in [1.807, 2.05) is 6.92 Å². The number of hydrogen-bond donors (Lipinski definition) is 1. The van der Waals surface area contributed by atoms with E-state index in [2.05, 4.69) is 32.4 Å². The molecule has 20 heavy (non-hydrogen) atoms. The second kappa shape index (κ2) is 7.39. The normalized spacial score (nSPS) is 17.3. The van der Waals surface area contributed by atoms with Crippen LogP contribution < -0.4 is 5.32 Å². The molecule has 1 fully saturated rings. The number of hydrogen-bond acceptors (Lipinski definition) is 3. The van der Waals surface area contributed by atoms with Gasteiger partial charge in [-0.25, -0.2) is 4.39 Å². The first-order valence-corrected chi connectivity index (χ1v) is 7.44. The van der Waals surface area contributed by atoms with Gasteiger partial charge >= 0.3 is 0 Å². The maximum Gasteiger partial charge on any atom is 0.176 e. The number of aromatic nitrogens is 2. The van der Waals surface area contributed by atoms with Crippen LogP contribution in [-0.2, 0) is 13.0 Å². The molecule has 0 unspecified atom stereocenters. The molecular formula is C13H19BrClFN4. The largest absolute Gasteiger partial charge is 0.316 e. The average molecular weight is 366 g/mol. The highest BCUT2D eigenvalue weighted by molar-refractivity contribution is 9.10. The number of rotatable bonds is 4. The summed E-state index contributed by atoms with van der Waals surface area (Å²) in [5, 5.41) is 16.4. The highest BCUT2D eigenvalue weighted by Gasteiger charge is 2.34. The van der Waals surface area contributed by atoms with Crippen molar-refractivity contribution in [2.45, 2.75) is 44.8 Å². The van der Waals surface area contributed by atoms with E-state index in [1.54, 1.807) is 4.68 Å². The molecule has 0 amide bonds. The Morgan fingerprint density at radius 2 is 2.15 bits per heavy atom.